The minimum atomic E-state index is -0.679. The van der Waals surface area contributed by atoms with Crippen LogP contribution >= 0.6 is 0 Å². The summed E-state index contributed by atoms with van der Waals surface area (Å²) >= 11 is 0. The van der Waals surface area contributed by atoms with Crippen LogP contribution in [0.4, 0.5) is 0 Å². The van der Waals surface area contributed by atoms with Gasteiger partial charge in [-0.05, 0) is 31.4 Å². The number of aryl methyl sites for hydroxylation is 1. The largest absolute Gasteiger partial charge is 0.481 e. The summed E-state index contributed by atoms with van der Waals surface area (Å²) in [6, 6.07) is 3.98. The number of hydrogen-bond donors (Lipinski definition) is 1. The van der Waals surface area contributed by atoms with Crippen molar-refractivity contribution in [3.05, 3.63) is 23.5 Å². The van der Waals surface area contributed by atoms with Crippen LogP contribution in [-0.2, 0) is 23.7 Å². The zero-order valence-electron chi connectivity index (χ0n) is 8.58. The smallest absolute Gasteiger partial charge is 0.315 e. The molecule has 1 aliphatic carbocycles. The van der Waals surface area contributed by atoms with Crippen molar-refractivity contribution in [2.45, 2.75) is 31.6 Å². The molecule has 0 amide bonds. The van der Waals surface area contributed by atoms with E-state index in [1.165, 1.54) is 5.69 Å². The fourth-order valence-electron chi connectivity index (χ4n) is 2.09. The molecule has 0 unspecified atom stereocenters. The first-order chi connectivity index (χ1) is 6.62. The molecule has 1 aromatic heterocycles. The van der Waals surface area contributed by atoms with Gasteiger partial charge in [-0.25, -0.2) is 0 Å². The number of nitrogens with zero attached hydrogens (tertiary/aromatic N) is 1. The second-order valence-corrected chi connectivity index (χ2v) is 4.01. The summed E-state index contributed by atoms with van der Waals surface area (Å²) in [6.07, 6.45) is 2.51. The van der Waals surface area contributed by atoms with Gasteiger partial charge in [0, 0.05) is 18.4 Å². The van der Waals surface area contributed by atoms with Gasteiger partial charge in [-0.15, -0.1) is 0 Å². The predicted molar refractivity (Wildman–Crippen MR) is 53.3 cm³/mol. The highest BCUT2D eigenvalue weighted by atomic mass is 16.4. The van der Waals surface area contributed by atoms with Crippen LogP contribution in [0.5, 0.6) is 0 Å². The molecule has 1 heterocycles. The molecule has 1 aromatic rings. The quantitative estimate of drug-likeness (QED) is 0.794. The van der Waals surface area contributed by atoms with Crippen LogP contribution in [0, 0.1) is 0 Å². The molecule has 3 heteroatoms. The average Bonchev–Trinajstić information content (AvgIpc) is 2.87. The van der Waals surface area contributed by atoms with E-state index in [0.29, 0.717) is 0 Å². The lowest BCUT2D eigenvalue weighted by molar-refractivity contribution is -0.140. The van der Waals surface area contributed by atoms with Crippen LogP contribution < -0.4 is 0 Å². The van der Waals surface area contributed by atoms with Crippen molar-refractivity contribution in [2.24, 2.45) is 7.05 Å². The van der Waals surface area contributed by atoms with Gasteiger partial charge in [0.05, 0.1) is 0 Å². The van der Waals surface area contributed by atoms with Crippen molar-refractivity contribution in [3.63, 3.8) is 0 Å². The summed E-state index contributed by atoms with van der Waals surface area (Å²) < 4.78 is 2.03. The lowest BCUT2D eigenvalue weighted by Gasteiger charge is -2.12. The minimum absolute atomic E-state index is 0.567. The molecular formula is C11H15NO2. The van der Waals surface area contributed by atoms with E-state index >= 15 is 0 Å². The second-order valence-electron chi connectivity index (χ2n) is 4.01. The van der Waals surface area contributed by atoms with Gasteiger partial charge in [0.15, 0.2) is 0 Å². The topological polar surface area (TPSA) is 42.2 Å². The van der Waals surface area contributed by atoms with E-state index < -0.39 is 11.4 Å². The number of hydrogen-bond acceptors (Lipinski definition) is 1. The van der Waals surface area contributed by atoms with Crippen molar-refractivity contribution in [3.8, 4) is 0 Å². The Morgan fingerprint density at radius 2 is 2.21 bits per heavy atom. The average molecular weight is 193 g/mol. The number of carbonyl (C=O) groups is 1. The highest BCUT2D eigenvalue weighted by Crippen LogP contribution is 2.48. The minimum Gasteiger partial charge on any atom is -0.481 e. The predicted octanol–water partition coefficient (Wildman–Crippen LogP) is 1.70. The van der Waals surface area contributed by atoms with Crippen LogP contribution in [0.15, 0.2) is 12.1 Å². The van der Waals surface area contributed by atoms with Gasteiger partial charge in [-0.1, -0.05) is 6.92 Å². The van der Waals surface area contributed by atoms with E-state index in [9.17, 15) is 4.79 Å². The Kier molecular flexibility index (Phi) is 1.91. The maximum absolute atomic E-state index is 11.1. The first kappa shape index (κ1) is 9.31. The van der Waals surface area contributed by atoms with Crippen molar-refractivity contribution < 1.29 is 9.90 Å². The van der Waals surface area contributed by atoms with Crippen LogP contribution in [0.25, 0.3) is 0 Å². The normalized spacial score (nSPS) is 18.1. The summed E-state index contributed by atoms with van der Waals surface area (Å²) in [5.41, 5.74) is 1.59. The summed E-state index contributed by atoms with van der Waals surface area (Å²) in [7, 11) is 1.96. The molecular weight excluding hydrogens is 178 g/mol. The number of aromatic nitrogens is 1. The summed E-state index contributed by atoms with van der Waals surface area (Å²) in [5, 5.41) is 9.15. The van der Waals surface area contributed by atoms with Gasteiger partial charge in [0.1, 0.15) is 5.41 Å². The van der Waals surface area contributed by atoms with E-state index in [2.05, 4.69) is 6.92 Å². The highest BCUT2D eigenvalue weighted by molar-refractivity contribution is 5.84. The standard InChI is InChI=1S/C11H15NO2/c1-3-8-4-5-9(12(8)2)11(6-7-11)10(13)14/h4-5H,3,6-7H2,1-2H3,(H,13,14). The summed E-state index contributed by atoms with van der Waals surface area (Å²) in [4.78, 5) is 11.1. The van der Waals surface area contributed by atoms with Gasteiger partial charge in [-0.3, -0.25) is 4.79 Å². The fraction of sp³-hybridized carbons (Fsp3) is 0.545. The van der Waals surface area contributed by atoms with Gasteiger partial charge in [-0.2, -0.15) is 0 Å². The zero-order chi connectivity index (χ0) is 10.3. The molecule has 1 N–H and O–H groups in total. The first-order valence-electron chi connectivity index (χ1n) is 5.00. The van der Waals surface area contributed by atoms with E-state index in [0.717, 1.165) is 25.0 Å². The Labute approximate surface area is 83.4 Å². The first-order valence-corrected chi connectivity index (χ1v) is 5.00. The third kappa shape index (κ3) is 1.08. The van der Waals surface area contributed by atoms with Crippen LogP contribution in [0.3, 0.4) is 0 Å². The van der Waals surface area contributed by atoms with Gasteiger partial charge < -0.3 is 9.67 Å². The molecule has 0 bridgehead atoms. The van der Waals surface area contributed by atoms with Crippen molar-refractivity contribution in [1.29, 1.82) is 0 Å². The van der Waals surface area contributed by atoms with E-state index in [1.54, 1.807) is 0 Å². The summed E-state index contributed by atoms with van der Waals surface area (Å²) in [5.74, 6) is -0.679. The summed E-state index contributed by atoms with van der Waals surface area (Å²) in [6.45, 7) is 2.08. The Hall–Kier alpha value is -1.25. The molecule has 0 radical (unpaired) electrons. The molecule has 0 aromatic carbocycles. The molecule has 14 heavy (non-hydrogen) atoms. The zero-order valence-corrected chi connectivity index (χ0v) is 8.58. The lowest BCUT2D eigenvalue weighted by Crippen LogP contribution is -2.22. The Morgan fingerprint density at radius 1 is 1.57 bits per heavy atom. The van der Waals surface area contributed by atoms with Crippen LogP contribution in [-0.4, -0.2) is 15.6 Å². The fourth-order valence-corrected chi connectivity index (χ4v) is 2.09. The molecule has 0 atom stereocenters. The van der Waals surface area contributed by atoms with E-state index in [-0.39, 0.29) is 0 Å². The molecule has 3 nitrogen and oxygen atoms in total. The lowest BCUT2D eigenvalue weighted by atomic mass is 10.0. The third-order valence-corrected chi connectivity index (χ3v) is 3.24. The highest BCUT2D eigenvalue weighted by Gasteiger charge is 2.53. The molecule has 1 saturated carbocycles. The van der Waals surface area contributed by atoms with Gasteiger partial charge in [0.2, 0.25) is 0 Å². The number of carboxylic acid groups (broad SMARTS) is 1. The van der Waals surface area contributed by atoms with Crippen LogP contribution in [0.2, 0.25) is 0 Å². The molecule has 2 rings (SSSR count). The maximum Gasteiger partial charge on any atom is 0.315 e. The van der Waals surface area contributed by atoms with E-state index in [1.807, 2.05) is 23.7 Å². The molecule has 0 spiro atoms. The SMILES string of the molecule is CCc1ccc(C2(C(=O)O)CC2)n1C. The van der Waals surface area contributed by atoms with Crippen molar-refractivity contribution >= 4 is 5.97 Å². The third-order valence-electron chi connectivity index (χ3n) is 3.24. The Bertz CT molecular complexity index is 375. The molecule has 0 aliphatic heterocycles. The number of aliphatic carboxylic acids is 1. The van der Waals surface area contributed by atoms with Crippen LogP contribution in [0.1, 0.15) is 31.2 Å². The number of carboxylic acids is 1. The monoisotopic (exact) mass is 193 g/mol. The molecule has 0 saturated heterocycles. The van der Waals surface area contributed by atoms with E-state index in [4.69, 9.17) is 5.11 Å². The number of rotatable bonds is 3. The molecule has 1 fully saturated rings. The van der Waals surface area contributed by atoms with Gasteiger partial charge >= 0.3 is 5.97 Å². The van der Waals surface area contributed by atoms with Crippen molar-refractivity contribution in [2.75, 3.05) is 0 Å². The van der Waals surface area contributed by atoms with Crippen molar-refractivity contribution in [1.82, 2.24) is 4.57 Å². The second kappa shape index (κ2) is 2.87. The molecule has 76 valence electrons. The maximum atomic E-state index is 11.1. The van der Waals surface area contributed by atoms with Gasteiger partial charge in [0.25, 0.3) is 0 Å². The molecule has 1 aliphatic rings. The Morgan fingerprint density at radius 3 is 2.57 bits per heavy atom. The Balaban J connectivity index is 2.42.